The second-order valence-electron chi connectivity index (χ2n) is 4.03. The Labute approximate surface area is 117 Å². The van der Waals surface area contributed by atoms with Gasteiger partial charge >= 0.3 is 0 Å². The summed E-state index contributed by atoms with van der Waals surface area (Å²) in [6.07, 6.45) is 3.96. The maximum Gasteiger partial charge on any atom is 0.284 e. The van der Waals surface area contributed by atoms with Crippen molar-refractivity contribution in [3.05, 3.63) is 35.6 Å². The van der Waals surface area contributed by atoms with Crippen LogP contribution >= 0.6 is 11.6 Å². The minimum Gasteiger partial charge on any atom is -1.00 e. The summed E-state index contributed by atoms with van der Waals surface area (Å²) >= 11 is 6.02. The van der Waals surface area contributed by atoms with Gasteiger partial charge in [0, 0.05) is 12.7 Å². The number of rotatable bonds is 2. The zero-order valence-corrected chi connectivity index (χ0v) is 11.7. The van der Waals surface area contributed by atoms with Gasteiger partial charge in [0.15, 0.2) is 0 Å². The maximum atomic E-state index is 6.02. The van der Waals surface area contributed by atoms with Crippen molar-refractivity contribution in [2.24, 2.45) is 10.2 Å². The number of benzene rings is 1. The minimum absolute atomic E-state index is 0. The molecule has 0 saturated heterocycles. The summed E-state index contributed by atoms with van der Waals surface area (Å²) in [5.74, 6) is 0. The highest BCUT2D eigenvalue weighted by Gasteiger charge is 2.24. The molecule has 0 spiro atoms. The molecule has 0 saturated carbocycles. The molecule has 3 N–H and O–H groups in total. The number of azo groups is 1. The molecule has 2 unspecified atom stereocenters. The average Bonchev–Trinajstić information content (AvgIpc) is 2.58. The van der Waals surface area contributed by atoms with E-state index in [4.69, 9.17) is 17.3 Å². The van der Waals surface area contributed by atoms with Crippen molar-refractivity contribution in [3.63, 3.8) is 0 Å². The van der Waals surface area contributed by atoms with Crippen LogP contribution in [-0.4, -0.2) is 25.3 Å². The Bertz CT molecular complexity index is 463. The first-order valence-electron chi connectivity index (χ1n) is 5.27. The van der Waals surface area contributed by atoms with Gasteiger partial charge in [0.05, 0.1) is 18.3 Å². The van der Waals surface area contributed by atoms with Crippen molar-refractivity contribution >= 4 is 23.0 Å². The molecule has 0 aromatic heterocycles. The van der Waals surface area contributed by atoms with Crippen molar-refractivity contribution in [1.82, 2.24) is 4.90 Å². The monoisotopic (exact) mass is 287 g/mol. The third kappa shape index (κ3) is 3.13. The molecular weight excluding hydrogens is 273 g/mol. The zero-order valence-electron chi connectivity index (χ0n) is 10.1. The molecule has 2 rings (SSSR count). The molecule has 0 aliphatic carbocycles. The molecule has 1 aliphatic heterocycles. The topological polar surface area (TPSA) is 58.4 Å². The highest BCUT2D eigenvalue weighted by molar-refractivity contribution is 6.33. The molecule has 18 heavy (non-hydrogen) atoms. The SMILES string of the molecule is CN1C=C[NH+](C)C1N=Nc1ccc(N)cc1Cl.[Cl-]. The van der Waals surface area contributed by atoms with E-state index in [0.717, 1.165) is 4.90 Å². The molecule has 1 aromatic rings. The van der Waals surface area contributed by atoms with Crippen LogP contribution in [0.2, 0.25) is 5.02 Å². The van der Waals surface area contributed by atoms with Gasteiger partial charge in [-0.15, -0.1) is 10.2 Å². The van der Waals surface area contributed by atoms with E-state index in [0.29, 0.717) is 16.4 Å². The molecule has 7 heteroatoms. The van der Waals surface area contributed by atoms with Crippen LogP contribution in [0.1, 0.15) is 0 Å². The van der Waals surface area contributed by atoms with Crippen LogP contribution in [0.15, 0.2) is 40.8 Å². The molecule has 5 nitrogen and oxygen atoms in total. The number of nitrogens with zero attached hydrogens (tertiary/aromatic N) is 3. The number of hydrogen-bond acceptors (Lipinski definition) is 4. The van der Waals surface area contributed by atoms with Gasteiger partial charge in [-0.25, -0.2) is 0 Å². The smallest absolute Gasteiger partial charge is 0.284 e. The largest absolute Gasteiger partial charge is 1.00 e. The zero-order chi connectivity index (χ0) is 12.4. The van der Waals surface area contributed by atoms with Crippen molar-refractivity contribution < 1.29 is 17.3 Å². The lowest BCUT2D eigenvalue weighted by molar-refractivity contribution is -0.856. The second kappa shape index (κ2) is 6.04. The molecular formula is C11H15Cl2N5. The van der Waals surface area contributed by atoms with Crippen LogP contribution in [0.4, 0.5) is 11.4 Å². The van der Waals surface area contributed by atoms with Crippen LogP contribution in [-0.2, 0) is 0 Å². The maximum absolute atomic E-state index is 6.02. The van der Waals surface area contributed by atoms with Crippen molar-refractivity contribution in [2.45, 2.75) is 6.29 Å². The normalized spacial score (nSPS) is 22.5. The molecule has 0 fully saturated rings. The lowest BCUT2D eigenvalue weighted by Gasteiger charge is -2.16. The Balaban J connectivity index is 0.00000162. The van der Waals surface area contributed by atoms with Crippen LogP contribution in [0.5, 0.6) is 0 Å². The number of hydrogen-bond donors (Lipinski definition) is 2. The van der Waals surface area contributed by atoms with Gasteiger partial charge in [0.1, 0.15) is 11.9 Å². The molecule has 0 bridgehead atoms. The lowest BCUT2D eigenvalue weighted by Crippen LogP contribution is -3.08. The van der Waals surface area contributed by atoms with Gasteiger partial charge in [-0.1, -0.05) is 11.6 Å². The first kappa shape index (κ1) is 14.8. The third-order valence-corrected chi connectivity index (χ3v) is 2.91. The summed E-state index contributed by atoms with van der Waals surface area (Å²) in [7, 11) is 3.98. The molecule has 2 atom stereocenters. The molecule has 1 heterocycles. The van der Waals surface area contributed by atoms with E-state index in [1.54, 1.807) is 18.2 Å². The summed E-state index contributed by atoms with van der Waals surface area (Å²) in [6.45, 7) is 0. The molecule has 0 amide bonds. The predicted octanol–water partition coefficient (Wildman–Crippen LogP) is -1.78. The van der Waals surface area contributed by atoms with Gasteiger partial charge in [-0.3, -0.25) is 4.90 Å². The standard InChI is InChI=1S/C11H14ClN5.ClH/c1-16-5-6-17(2)11(16)15-14-10-4-3-8(13)7-9(10)12;/h3-7,11H,13H2,1-2H3;1H. The van der Waals surface area contributed by atoms with Crippen LogP contribution < -0.4 is 23.0 Å². The number of anilines is 1. The number of nitrogens with one attached hydrogen (secondary N) is 1. The third-order valence-electron chi connectivity index (χ3n) is 2.61. The Morgan fingerprint density at radius 1 is 1.44 bits per heavy atom. The van der Waals surface area contributed by atoms with E-state index in [1.165, 1.54) is 0 Å². The number of quaternary nitrogens is 1. The van der Waals surface area contributed by atoms with Gasteiger partial charge in [-0.2, -0.15) is 0 Å². The summed E-state index contributed by atoms with van der Waals surface area (Å²) < 4.78 is 0. The molecule has 1 aromatic carbocycles. The summed E-state index contributed by atoms with van der Waals surface area (Å²) in [5, 5.41) is 8.95. The van der Waals surface area contributed by atoms with Crippen molar-refractivity contribution in [2.75, 3.05) is 19.8 Å². The molecule has 1 aliphatic rings. The summed E-state index contributed by atoms with van der Waals surface area (Å²) in [5.41, 5.74) is 6.87. The number of halogens is 2. The van der Waals surface area contributed by atoms with Gasteiger partial charge in [-0.05, 0) is 18.2 Å². The Morgan fingerprint density at radius 2 is 2.17 bits per heavy atom. The Kier molecular flexibility index (Phi) is 4.95. The van der Waals surface area contributed by atoms with E-state index in [1.807, 2.05) is 31.4 Å². The fourth-order valence-corrected chi connectivity index (χ4v) is 1.84. The van der Waals surface area contributed by atoms with Crippen molar-refractivity contribution in [3.8, 4) is 0 Å². The minimum atomic E-state index is -0.0383. The first-order valence-corrected chi connectivity index (χ1v) is 5.65. The number of nitrogen functional groups attached to an aromatic ring is 1. The number of nitrogens with two attached hydrogens (primary N) is 1. The average molecular weight is 288 g/mol. The van der Waals surface area contributed by atoms with Crippen LogP contribution in [0, 0.1) is 0 Å². The van der Waals surface area contributed by atoms with Gasteiger partial charge in [0.2, 0.25) is 0 Å². The van der Waals surface area contributed by atoms with E-state index in [-0.39, 0.29) is 18.7 Å². The highest BCUT2D eigenvalue weighted by atomic mass is 35.5. The quantitative estimate of drug-likeness (QED) is 0.499. The summed E-state index contributed by atoms with van der Waals surface area (Å²) in [4.78, 5) is 3.15. The first-order chi connectivity index (χ1) is 8.08. The van der Waals surface area contributed by atoms with Gasteiger partial charge < -0.3 is 23.0 Å². The molecule has 0 radical (unpaired) electrons. The van der Waals surface area contributed by atoms with E-state index in [9.17, 15) is 0 Å². The highest BCUT2D eigenvalue weighted by Crippen LogP contribution is 2.27. The van der Waals surface area contributed by atoms with E-state index in [2.05, 4.69) is 10.2 Å². The molecule has 98 valence electrons. The lowest BCUT2D eigenvalue weighted by atomic mass is 10.3. The van der Waals surface area contributed by atoms with Crippen LogP contribution in [0.3, 0.4) is 0 Å². The Morgan fingerprint density at radius 3 is 2.72 bits per heavy atom. The second-order valence-corrected chi connectivity index (χ2v) is 4.43. The predicted molar refractivity (Wildman–Crippen MR) is 68.0 cm³/mol. The van der Waals surface area contributed by atoms with E-state index < -0.39 is 0 Å². The van der Waals surface area contributed by atoms with Gasteiger partial charge in [0.25, 0.3) is 6.29 Å². The fourth-order valence-electron chi connectivity index (χ4n) is 1.62. The van der Waals surface area contributed by atoms with Crippen molar-refractivity contribution in [1.29, 1.82) is 0 Å². The summed E-state index contributed by atoms with van der Waals surface area (Å²) in [6, 6.07) is 5.19. The fraction of sp³-hybridized carbons (Fsp3) is 0.273. The Hall–Kier alpha value is -1.30. The van der Waals surface area contributed by atoms with E-state index >= 15 is 0 Å². The van der Waals surface area contributed by atoms with Crippen LogP contribution in [0.25, 0.3) is 0 Å².